The van der Waals surface area contributed by atoms with Crippen molar-refractivity contribution in [2.75, 3.05) is 0 Å². The van der Waals surface area contributed by atoms with Crippen LogP contribution in [0.1, 0.15) is 145 Å². The van der Waals surface area contributed by atoms with Gasteiger partial charge in [0, 0.05) is 30.7 Å². The van der Waals surface area contributed by atoms with Crippen molar-refractivity contribution >= 4 is 23.1 Å². The van der Waals surface area contributed by atoms with Crippen molar-refractivity contribution < 1.29 is 19.2 Å². The van der Waals surface area contributed by atoms with Gasteiger partial charge in [-0.25, -0.2) is 0 Å². The molecule has 1 aliphatic carbocycles. The average Bonchev–Trinajstić information content (AvgIpc) is 2.89. The smallest absolute Gasteiger partial charge is 0.163 e. The van der Waals surface area contributed by atoms with Gasteiger partial charge < -0.3 is 0 Å². The second-order valence-corrected chi connectivity index (χ2v) is 15.5. The number of Topliss-reactive ketones (excluding diaryl/α,β-unsaturated/α-hetero) is 4. The second-order valence-electron chi connectivity index (χ2n) is 15.5. The van der Waals surface area contributed by atoms with Crippen LogP contribution in [0.25, 0.3) is 0 Å². The molecule has 44 heavy (non-hydrogen) atoms. The molecule has 3 rings (SSSR count). The van der Waals surface area contributed by atoms with Gasteiger partial charge in [-0.2, -0.15) is 0 Å². The molecule has 0 spiro atoms. The maximum Gasteiger partial charge on any atom is 0.163 e. The maximum absolute atomic E-state index is 13.6. The molecule has 240 valence electrons. The van der Waals surface area contributed by atoms with Crippen molar-refractivity contribution in [2.45, 2.75) is 138 Å². The lowest BCUT2D eigenvalue weighted by molar-refractivity contribution is -0.130. The van der Waals surface area contributed by atoms with Crippen LogP contribution >= 0.6 is 0 Å². The molecule has 0 heterocycles. The van der Waals surface area contributed by atoms with Crippen molar-refractivity contribution in [1.29, 1.82) is 0 Å². The van der Waals surface area contributed by atoms with Crippen molar-refractivity contribution in [3.63, 3.8) is 0 Å². The van der Waals surface area contributed by atoms with Gasteiger partial charge in [0.1, 0.15) is 17.3 Å². The molecule has 0 saturated carbocycles. The molecule has 0 fully saturated rings. The predicted octanol–water partition coefficient (Wildman–Crippen LogP) is 9.07. The summed E-state index contributed by atoms with van der Waals surface area (Å²) in [6.45, 7) is 20.9. The summed E-state index contributed by atoms with van der Waals surface area (Å²) in [7, 11) is 0. The van der Waals surface area contributed by atoms with Gasteiger partial charge in [-0.05, 0) is 89.2 Å². The third-order valence-corrected chi connectivity index (χ3v) is 9.58. The summed E-state index contributed by atoms with van der Waals surface area (Å²) < 4.78 is 0. The molecule has 3 atom stereocenters. The molecule has 0 aliphatic heterocycles. The Labute approximate surface area is 266 Å². The minimum Gasteiger partial charge on any atom is -0.300 e. The van der Waals surface area contributed by atoms with E-state index in [1.54, 1.807) is 0 Å². The van der Waals surface area contributed by atoms with Crippen LogP contribution in [0.2, 0.25) is 0 Å². The van der Waals surface area contributed by atoms with Crippen molar-refractivity contribution in [3.05, 3.63) is 69.3 Å². The third kappa shape index (κ3) is 9.08. The van der Waals surface area contributed by atoms with E-state index < -0.39 is 0 Å². The summed E-state index contributed by atoms with van der Waals surface area (Å²) >= 11 is 0. The van der Waals surface area contributed by atoms with Crippen LogP contribution in [-0.2, 0) is 44.5 Å². The minimum absolute atomic E-state index is 0.00558. The molecule has 2 aromatic carbocycles. The van der Waals surface area contributed by atoms with Gasteiger partial charge in [0.2, 0.25) is 0 Å². The van der Waals surface area contributed by atoms with Crippen LogP contribution in [0.4, 0.5) is 0 Å². The minimum atomic E-state index is -0.131. The fourth-order valence-electron chi connectivity index (χ4n) is 7.12. The first-order chi connectivity index (χ1) is 20.4. The first kappa shape index (κ1) is 35.6. The van der Waals surface area contributed by atoms with E-state index in [4.69, 9.17) is 0 Å². The summed E-state index contributed by atoms with van der Waals surface area (Å²) in [4.78, 5) is 51.5. The fourth-order valence-corrected chi connectivity index (χ4v) is 7.12. The molecule has 0 radical (unpaired) electrons. The Morgan fingerprint density at radius 2 is 1.50 bits per heavy atom. The number of carbonyl (C=O) groups excluding carboxylic acids is 4. The van der Waals surface area contributed by atoms with Crippen LogP contribution in [0.15, 0.2) is 30.3 Å². The van der Waals surface area contributed by atoms with Gasteiger partial charge in [-0.15, -0.1) is 0 Å². The van der Waals surface area contributed by atoms with Gasteiger partial charge >= 0.3 is 0 Å². The quantitative estimate of drug-likeness (QED) is 0.215. The van der Waals surface area contributed by atoms with Crippen LogP contribution in [0.5, 0.6) is 0 Å². The number of hydrogen-bond acceptors (Lipinski definition) is 4. The SMILES string of the molecule is CCCC(CC1CC(=O)c2c(ccc(CC(=O)Cc3cc(C(C)(C)C)cc(C(C)(C)C)c3)c2C)C1)C(CC)C(=O)CC(C)=O. The van der Waals surface area contributed by atoms with Gasteiger partial charge in [0.05, 0.1) is 6.42 Å². The van der Waals surface area contributed by atoms with Crippen molar-refractivity contribution in [2.24, 2.45) is 17.8 Å². The topological polar surface area (TPSA) is 68.3 Å². The maximum atomic E-state index is 13.6. The second kappa shape index (κ2) is 14.5. The van der Waals surface area contributed by atoms with E-state index in [-0.39, 0.29) is 58.1 Å². The highest BCUT2D eigenvalue weighted by molar-refractivity contribution is 6.01. The molecule has 4 heteroatoms. The molecule has 0 N–H and O–H groups in total. The summed E-state index contributed by atoms with van der Waals surface area (Å²) in [5.41, 5.74) is 7.25. The first-order valence-electron chi connectivity index (χ1n) is 16.8. The Bertz CT molecular complexity index is 1350. The number of ketones is 4. The van der Waals surface area contributed by atoms with Gasteiger partial charge in [0.25, 0.3) is 0 Å². The number of rotatable bonds is 13. The van der Waals surface area contributed by atoms with E-state index in [0.29, 0.717) is 19.3 Å². The standard InChI is InChI=1S/C40H56O4/c1-11-13-30(35(12-2)36(43)16-25(3)41)17-27-18-31-15-14-29(26(4)38(31)37(44)22-27)23-34(42)21-28-19-32(39(5,6)7)24-33(20-28)40(8,9)10/h14-15,19-20,24,27,30,35H,11-13,16-18,21-23H2,1-10H3. The number of hydrogen-bond donors (Lipinski definition) is 0. The van der Waals surface area contributed by atoms with Crippen LogP contribution in [-0.4, -0.2) is 23.1 Å². The van der Waals surface area contributed by atoms with Gasteiger partial charge in [-0.1, -0.05) is 98.6 Å². The molecule has 4 nitrogen and oxygen atoms in total. The summed E-state index contributed by atoms with van der Waals surface area (Å²) in [5, 5.41) is 0. The van der Waals surface area contributed by atoms with Crippen molar-refractivity contribution in [3.8, 4) is 0 Å². The Balaban J connectivity index is 1.78. The molecule has 1 aliphatic rings. The zero-order chi connectivity index (χ0) is 33.0. The molecular weight excluding hydrogens is 544 g/mol. The Morgan fingerprint density at radius 3 is 2.02 bits per heavy atom. The number of carbonyl (C=O) groups is 4. The fraction of sp³-hybridized carbons (Fsp3) is 0.600. The molecule has 2 aromatic rings. The Morgan fingerprint density at radius 1 is 0.886 bits per heavy atom. The first-order valence-corrected chi connectivity index (χ1v) is 16.8. The third-order valence-electron chi connectivity index (χ3n) is 9.58. The summed E-state index contributed by atoms with van der Waals surface area (Å²) in [6, 6.07) is 10.7. The molecule has 0 amide bonds. The molecule has 0 aromatic heterocycles. The number of benzene rings is 2. The highest BCUT2D eigenvalue weighted by Gasteiger charge is 2.33. The lowest BCUT2D eigenvalue weighted by atomic mass is 9.72. The van der Waals surface area contributed by atoms with Crippen molar-refractivity contribution in [1.82, 2.24) is 0 Å². The Kier molecular flexibility index (Phi) is 11.7. The van der Waals surface area contributed by atoms with E-state index in [1.807, 2.05) is 19.9 Å². The van der Waals surface area contributed by atoms with Gasteiger partial charge in [0.15, 0.2) is 5.78 Å². The lowest BCUT2D eigenvalue weighted by Crippen LogP contribution is -2.30. The van der Waals surface area contributed by atoms with Crippen LogP contribution in [0.3, 0.4) is 0 Å². The zero-order valence-corrected chi connectivity index (χ0v) is 29.1. The van der Waals surface area contributed by atoms with E-state index in [2.05, 4.69) is 72.7 Å². The molecular formula is C40H56O4. The average molecular weight is 601 g/mol. The van der Waals surface area contributed by atoms with E-state index in [9.17, 15) is 19.2 Å². The number of fused-ring (bicyclic) bond motifs is 1. The zero-order valence-electron chi connectivity index (χ0n) is 29.1. The van der Waals surface area contributed by atoms with Crippen LogP contribution in [0, 0.1) is 24.7 Å². The lowest BCUT2D eigenvalue weighted by Gasteiger charge is -2.32. The highest BCUT2D eigenvalue weighted by atomic mass is 16.1. The summed E-state index contributed by atoms with van der Waals surface area (Å²) in [6.07, 6.45) is 5.42. The normalized spacial score (nSPS) is 16.8. The van der Waals surface area contributed by atoms with E-state index >= 15 is 0 Å². The monoisotopic (exact) mass is 600 g/mol. The van der Waals surface area contributed by atoms with Gasteiger partial charge in [-0.3, -0.25) is 19.2 Å². The summed E-state index contributed by atoms with van der Waals surface area (Å²) in [5.74, 6) is 0.509. The van der Waals surface area contributed by atoms with E-state index in [0.717, 1.165) is 59.9 Å². The van der Waals surface area contributed by atoms with Crippen LogP contribution < -0.4 is 0 Å². The predicted molar refractivity (Wildman–Crippen MR) is 181 cm³/mol. The van der Waals surface area contributed by atoms with E-state index in [1.165, 1.54) is 18.1 Å². The highest BCUT2D eigenvalue weighted by Crippen LogP contribution is 2.37. The Hall–Kier alpha value is -2.88. The molecule has 3 unspecified atom stereocenters. The molecule has 0 bridgehead atoms. The largest absolute Gasteiger partial charge is 0.300 e. The molecule has 0 saturated heterocycles.